The van der Waals surface area contributed by atoms with Crippen LogP contribution in [0.25, 0.3) is 6.08 Å². The van der Waals surface area contributed by atoms with Crippen molar-refractivity contribution in [2.24, 2.45) is 4.99 Å². The predicted octanol–water partition coefficient (Wildman–Crippen LogP) is 4.97. The van der Waals surface area contributed by atoms with E-state index in [9.17, 15) is 4.79 Å². The van der Waals surface area contributed by atoms with Gasteiger partial charge in [0.2, 0.25) is 5.90 Å². The molecule has 4 nitrogen and oxygen atoms in total. The van der Waals surface area contributed by atoms with Gasteiger partial charge in [0.1, 0.15) is 5.75 Å². The maximum atomic E-state index is 12.0. The van der Waals surface area contributed by atoms with E-state index < -0.39 is 5.97 Å². The second-order valence-electron chi connectivity index (χ2n) is 5.61. The third-order valence-corrected chi connectivity index (χ3v) is 4.19. The Hall–Kier alpha value is -2.40. The molecule has 0 bridgehead atoms. The van der Waals surface area contributed by atoms with Gasteiger partial charge in [0.15, 0.2) is 5.70 Å². The third kappa shape index (κ3) is 4.57. The molecule has 0 saturated heterocycles. The predicted molar refractivity (Wildman–Crippen MR) is 102 cm³/mol. The molecule has 0 radical (unpaired) electrons. The van der Waals surface area contributed by atoms with Gasteiger partial charge in [0, 0.05) is 10.0 Å². The average molecular weight is 400 g/mol. The summed E-state index contributed by atoms with van der Waals surface area (Å²) in [5.74, 6) is 0.702. The Morgan fingerprint density at radius 2 is 1.84 bits per heavy atom. The number of carbonyl (C=O) groups is 1. The zero-order valence-electron chi connectivity index (χ0n) is 13.9. The van der Waals surface area contributed by atoms with Crippen LogP contribution in [0, 0.1) is 0 Å². The molecule has 0 aliphatic carbocycles. The minimum absolute atomic E-state index is 0.289. The minimum atomic E-state index is -0.443. The highest BCUT2D eigenvalue weighted by Gasteiger charge is 2.23. The Labute approximate surface area is 155 Å². The second kappa shape index (κ2) is 8.12. The van der Waals surface area contributed by atoms with Gasteiger partial charge in [-0.05, 0) is 54.5 Å². The van der Waals surface area contributed by atoms with E-state index in [0.717, 1.165) is 34.2 Å². The highest BCUT2D eigenvalue weighted by Crippen LogP contribution is 2.21. The van der Waals surface area contributed by atoms with Crippen molar-refractivity contribution < 1.29 is 14.3 Å². The summed E-state index contributed by atoms with van der Waals surface area (Å²) in [5, 5.41) is 0. The summed E-state index contributed by atoms with van der Waals surface area (Å²) in [6, 6.07) is 15.0. The zero-order chi connectivity index (χ0) is 17.6. The van der Waals surface area contributed by atoms with Crippen LogP contribution in [0.3, 0.4) is 0 Å². The first-order chi connectivity index (χ1) is 12.2. The first kappa shape index (κ1) is 17.4. The average Bonchev–Trinajstić information content (AvgIpc) is 2.98. The summed E-state index contributed by atoms with van der Waals surface area (Å²) in [4.78, 5) is 16.3. The normalized spacial score (nSPS) is 15.2. The number of unbranched alkanes of at least 4 members (excludes halogenated alkanes) is 1. The lowest BCUT2D eigenvalue weighted by Crippen LogP contribution is -2.05. The molecule has 2 aromatic rings. The number of halogens is 1. The molecule has 0 unspecified atom stereocenters. The molecule has 25 heavy (non-hydrogen) atoms. The van der Waals surface area contributed by atoms with Crippen molar-refractivity contribution in [2.75, 3.05) is 6.61 Å². The van der Waals surface area contributed by atoms with E-state index in [-0.39, 0.29) is 5.70 Å². The number of aliphatic imine (C=N–C) groups is 1. The summed E-state index contributed by atoms with van der Waals surface area (Å²) in [7, 11) is 0. The number of carbonyl (C=O) groups excluding carboxylic acids is 1. The Morgan fingerprint density at radius 1 is 1.12 bits per heavy atom. The van der Waals surface area contributed by atoms with Crippen LogP contribution in [0.5, 0.6) is 5.75 Å². The first-order valence-corrected chi connectivity index (χ1v) is 8.96. The van der Waals surface area contributed by atoms with Crippen LogP contribution < -0.4 is 4.74 Å². The highest BCUT2D eigenvalue weighted by molar-refractivity contribution is 9.10. The second-order valence-corrected chi connectivity index (χ2v) is 6.53. The molecular weight excluding hydrogens is 382 g/mol. The minimum Gasteiger partial charge on any atom is -0.494 e. The van der Waals surface area contributed by atoms with E-state index in [4.69, 9.17) is 9.47 Å². The van der Waals surface area contributed by atoms with Crippen LogP contribution in [0.1, 0.15) is 30.9 Å². The number of cyclic esters (lactones) is 1. The van der Waals surface area contributed by atoms with Crippen molar-refractivity contribution >= 4 is 33.9 Å². The van der Waals surface area contributed by atoms with E-state index in [1.54, 1.807) is 6.08 Å². The fraction of sp³-hybridized carbons (Fsp3) is 0.200. The van der Waals surface area contributed by atoms with Crippen molar-refractivity contribution in [3.8, 4) is 5.75 Å². The first-order valence-electron chi connectivity index (χ1n) is 8.17. The molecule has 0 spiro atoms. The van der Waals surface area contributed by atoms with Gasteiger partial charge in [-0.3, -0.25) is 0 Å². The van der Waals surface area contributed by atoms with E-state index in [1.165, 1.54) is 0 Å². The fourth-order valence-corrected chi connectivity index (χ4v) is 2.54. The lowest BCUT2D eigenvalue weighted by molar-refractivity contribution is -0.129. The number of benzene rings is 2. The van der Waals surface area contributed by atoms with Gasteiger partial charge in [-0.2, -0.15) is 0 Å². The van der Waals surface area contributed by atoms with Crippen LogP contribution >= 0.6 is 15.9 Å². The van der Waals surface area contributed by atoms with Crippen LogP contribution in [-0.2, 0) is 9.53 Å². The summed E-state index contributed by atoms with van der Waals surface area (Å²) < 4.78 is 11.9. The zero-order valence-corrected chi connectivity index (χ0v) is 15.5. The number of hydrogen-bond donors (Lipinski definition) is 0. The lowest BCUT2D eigenvalue weighted by atomic mass is 10.2. The number of rotatable bonds is 6. The van der Waals surface area contributed by atoms with Crippen LogP contribution in [-0.4, -0.2) is 18.5 Å². The standard InChI is InChI=1S/C20H18BrNO3/c1-2-3-12-24-17-10-4-14(5-11-17)13-18-20(23)25-19(22-18)15-6-8-16(21)9-7-15/h4-11,13H,2-3,12H2,1H3. The van der Waals surface area contributed by atoms with Crippen molar-refractivity contribution in [3.63, 3.8) is 0 Å². The number of nitrogens with zero attached hydrogens (tertiary/aromatic N) is 1. The van der Waals surface area contributed by atoms with Gasteiger partial charge in [0.05, 0.1) is 6.61 Å². The van der Waals surface area contributed by atoms with E-state index >= 15 is 0 Å². The van der Waals surface area contributed by atoms with Crippen molar-refractivity contribution in [2.45, 2.75) is 19.8 Å². The van der Waals surface area contributed by atoms with Crippen molar-refractivity contribution in [1.29, 1.82) is 0 Å². The summed E-state index contributed by atoms with van der Waals surface area (Å²) >= 11 is 3.38. The van der Waals surface area contributed by atoms with E-state index in [1.807, 2.05) is 48.5 Å². The van der Waals surface area contributed by atoms with Gasteiger partial charge >= 0.3 is 5.97 Å². The highest BCUT2D eigenvalue weighted by atomic mass is 79.9. The Bertz CT molecular complexity index is 808. The van der Waals surface area contributed by atoms with Gasteiger partial charge in [-0.1, -0.05) is 41.4 Å². The molecule has 0 aromatic heterocycles. The lowest BCUT2D eigenvalue weighted by Gasteiger charge is -2.05. The number of esters is 1. The van der Waals surface area contributed by atoms with Crippen molar-refractivity contribution in [3.05, 3.63) is 69.8 Å². The van der Waals surface area contributed by atoms with Crippen molar-refractivity contribution in [1.82, 2.24) is 0 Å². The molecule has 5 heteroatoms. The maximum absolute atomic E-state index is 12.0. The monoisotopic (exact) mass is 399 g/mol. The Balaban J connectivity index is 1.74. The molecule has 3 rings (SSSR count). The molecule has 0 saturated carbocycles. The van der Waals surface area contributed by atoms with Gasteiger partial charge < -0.3 is 9.47 Å². The molecule has 2 aromatic carbocycles. The molecule has 0 amide bonds. The number of hydrogen-bond acceptors (Lipinski definition) is 4. The molecule has 1 aliphatic rings. The molecule has 0 N–H and O–H groups in total. The largest absolute Gasteiger partial charge is 0.494 e. The van der Waals surface area contributed by atoms with Gasteiger partial charge in [0.25, 0.3) is 0 Å². The summed E-state index contributed by atoms with van der Waals surface area (Å²) in [6.07, 6.45) is 3.85. The molecule has 128 valence electrons. The summed E-state index contributed by atoms with van der Waals surface area (Å²) in [6.45, 7) is 2.84. The van der Waals surface area contributed by atoms with Crippen LogP contribution in [0.2, 0.25) is 0 Å². The summed E-state index contributed by atoms with van der Waals surface area (Å²) in [5.41, 5.74) is 1.92. The van der Waals surface area contributed by atoms with E-state index in [2.05, 4.69) is 27.8 Å². The fourth-order valence-electron chi connectivity index (χ4n) is 2.28. The SMILES string of the molecule is CCCCOc1ccc(C=C2N=C(c3ccc(Br)cc3)OC2=O)cc1. The van der Waals surface area contributed by atoms with Crippen LogP contribution in [0.15, 0.2) is 63.7 Å². The Morgan fingerprint density at radius 3 is 2.52 bits per heavy atom. The Kier molecular flexibility index (Phi) is 5.66. The topological polar surface area (TPSA) is 47.9 Å². The number of ether oxygens (including phenoxy) is 2. The van der Waals surface area contributed by atoms with Crippen LogP contribution in [0.4, 0.5) is 0 Å². The smallest absolute Gasteiger partial charge is 0.363 e. The van der Waals surface area contributed by atoms with Gasteiger partial charge in [-0.25, -0.2) is 9.79 Å². The molecule has 1 heterocycles. The maximum Gasteiger partial charge on any atom is 0.363 e. The molecular formula is C20H18BrNO3. The van der Waals surface area contributed by atoms with Gasteiger partial charge in [-0.15, -0.1) is 0 Å². The van der Waals surface area contributed by atoms with E-state index in [0.29, 0.717) is 12.5 Å². The molecule has 1 aliphatic heterocycles. The quantitative estimate of drug-likeness (QED) is 0.391. The molecule has 0 fully saturated rings. The third-order valence-electron chi connectivity index (χ3n) is 3.66. The molecule has 0 atom stereocenters.